The summed E-state index contributed by atoms with van der Waals surface area (Å²) in [4.78, 5) is 13.9. The molecular weight excluding hydrogens is 298 g/mol. The fourth-order valence-corrected chi connectivity index (χ4v) is 3.63. The monoisotopic (exact) mass is 331 g/mol. The molecule has 0 aliphatic carbocycles. The lowest BCUT2D eigenvalue weighted by Crippen LogP contribution is -2.45. The summed E-state index contributed by atoms with van der Waals surface area (Å²) in [7, 11) is -1.88. The molecule has 2 atom stereocenters. The van der Waals surface area contributed by atoms with Gasteiger partial charge in [-0.2, -0.15) is 0 Å². The van der Waals surface area contributed by atoms with Gasteiger partial charge in [0.25, 0.3) is 0 Å². The number of hydrogen-bond acceptors (Lipinski definition) is 4. The molecule has 0 aromatic carbocycles. The lowest BCUT2D eigenvalue weighted by Gasteiger charge is -2.38. The molecule has 1 rings (SSSR count). The molecule has 1 unspecified atom stereocenters. The van der Waals surface area contributed by atoms with Crippen molar-refractivity contribution in [1.82, 2.24) is 4.90 Å². The van der Waals surface area contributed by atoms with Crippen LogP contribution in [0.25, 0.3) is 0 Å². The maximum absolute atomic E-state index is 12.3. The van der Waals surface area contributed by atoms with Gasteiger partial charge in [-0.3, -0.25) is 0 Å². The summed E-state index contributed by atoms with van der Waals surface area (Å²) in [6.07, 6.45) is 0.279. The van der Waals surface area contributed by atoms with Crippen LogP contribution in [0.2, 0.25) is 18.1 Å². The Labute approximate surface area is 136 Å². The molecule has 1 aliphatic heterocycles. The summed E-state index contributed by atoms with van der Waals surface area (Å²) < 4.78 is 11.8. The standard InChI is InChI=1S/C16H33NO4Si/c1-15(2,3)20-14(19)17-10-13(9-12(17)11-18)21-22(7,8)16(4,5)6/h12-13,18H,9-11H2,1-8H3/t12-,13?/m1/s1. The van der Waals surface area contributed by atoms with Gasteiger partial charge >= 0.3 is 6.09 Å². The Hall–Kier alpha value is -0.593. The maximum atomic E-state index is 12.3. The van der Waals surface area contributed by atoms with Crippen LogP contribution in [0.5, 0.6) is 0 Å². The number of hydrogen-bond donors (Lipinski definition) is 1. The third-order valence-corrected chi connectivity index (χ3v) is 9.02. The van der Waals surface area contributed by atoms with Gasteiger partial charge in [-0.05, 0) is 45.3 Å². The first-order valence-corrected chi connectivity index (χ1v) is 11.0. The van der Waals surface area contributed by atoms with Crippen LogP contribution in [0.1, 0.15) is 48.0 Å². The molecule has 1 saturated heterocycles. The lowest BCUT2D eigenvalue weighted by molar-refractivity contribution is 0.0164. The molecule has 1 N–H and O–H groups in total. The van der Waals surface area contributed by atoms with Crippen LogP contribution in [0.3, 0.4) is 0 Å². The lowest BCUT2D eigenvalue weighted by atomic mass is 10.2. The van der Waals surface area contributed by atoms with Gasteiger partial charge in [0, 0.05) is 6.54 Å². The van der Waals surface area contributed by atoms with Gasteiger partial charge in [0.1, 0.15) is 5.60 Å². The molecule has 0 aromatic heterocycles. The first kappa shape index (κ1) is 19.5. The van der Waals surface area contributed by atoms with Crippen LogP contribution in [0, 0.1) is 0 Å². The van der Waals surface area contributed by atoms with Gasteiger partial charge < -0.3 is 19.2 Å². The van der Waals surface area contributed by atoms with Crippen molar-refractivity contribution in [1.29, 1.82) is 0 Å². The van der Waals surface area contributed by atoms with Crippen LogP contribution < -0.4 is 0 Å². The average molecular weight is 332 g/mol. The predicted molar refractivity (Wildman–Crippen MR) is 90.5 cm³/mol. The predicted octanol–water partition coefficient (Wildman–Crippen LogP) is 3.38. The summed E-state index contributed by atoms with van der Waals surface area (Å²) in [6, 6.07) is -0.218. The van der Waals surface area contributed by atoms with Crippen molar-refractivity contribution in [2.45, 2.75) is 83.8 Å². The van der Waals surface area contributed by atoms with E-state index in [1.807, 2.05) is 20.8 Å². The molecule has 1 heterocycles. The number of carbonyl (C=O) groups excluding carboxylic acids is 1. The van der Waals surface area contributed by atoms with E-state index in [1.165, 1.54) is 0 Å². The normalized spacial score (nSPS) is 23.8. The van der Waals surface area contributed by atoms with Crippen molar-refractivity contribution in [3.05, 3.63) is 0 Å². The van der Waals surface area contributed by atoms with Gasteiger partial charge in [0.2, 0.25) is 0 Å². The van der Waals surface area contributed by atoms with Crippen LogP contribution >= 0.6 is 0 Å². The summed E-state index contributed by atoms with van der Waals surface area (Å²) in [5.41, 5.74) is -0.532. The summed E-state index contributed by atoms with van der Waals surface area (Å²) in [5.74, 6) is 0. The van der Waals surface area contributed by atoms with Crippen molar-refractivity contribution in [2.24, 2.45) is 0 Å². The molecule has 5 nitrogen and oxygen atoms in total. The molecule has 6 heteroatoms. The third-order valence-electron chi connectivity index (χ3n) is 4.48. The van der Waals surface area contributed by atoms with E-state index >= 15 is 0 Å². The number of likely N-dealkylation sites (tertiary alicyclic amines) is 1. The maximum Gasteiger partial charge on any atom is 0.410 e. The van der Waals surface area contributed by atoms with Crippen LogP contribution in [0.4, 0.5) is 4.79 Å². The molecule has 1 fully saturated rings. The zero-order valence-corrected chi connectivity index (χ0v) is 16.4. The van der Waals surface area contributed by atoms with Gasteiger partial charge in [-0.25, -0.2) is 4.79 Å². The number of ether oxygens (including phenoxy) is 1. The number of rotatable bonds is 3. The third kappa shape index (κ3) is 4.96. The average Bonchev–Trinajstić information content (AvgIpc) is 2.67. The van der Waals surface area contributed by atoms with E-state index in [-0.39, 0.29) is 29.9 Å². The quantitative estimate of drug-likeness (QED) is 0.806. The first-order chi connectivity index (χ1) is 9.77. The molecule has 0 saturated carbocycles. The van der Waals surface area contributed by atoms with E-state index in [0.717, 1.165) is 0 Å². The fraction of sp³-hybridized carbons (Fsp3) is 0.938. The van der Waals surface area contributed by atoms with Crippen molar-refractivity contribution < 1.29 is 19.1 Å². The molecule has 22 heavy (non-hydrogen) atoms. The SMILES string of the molecule is CC(C)(C)OC(=O)N1CC(O[Si](C)(C)C(C)(C)C)C[C@@H]1CO. The summed E-state index contributed by atoms with van der Waals surface area (Å²) in [6.45, 7) is 17.0. The zero-order valence-electron chi connectivity index (χ0n) is 15.4. The van der Waals surface area contributed by atoms with E-state index in [0.29, 0.717) is 13.0 Å². The fourth-order valence-electron chi connectivity index (χ4n) is 2.27. The molecule has 1 aliphatic rings. The van der Waals surface area contributed by atoms with E-state index in [9.17, 15) is 9.90 Å². The molecule has 0 aromatic rings. The number of aliphatic hydroxyl groups is 1. The smallest absolute Gasteiger partial charge is 0.410 e. The van der Waals surface area contributed by atoms with Gasteiger partial charge in [0.05, 0.1) is 18.8 Å². The number of aliphatic hydroxyl groups excluding tert-OH is 1. The van der Waals surface area contributed by atoms with E-state index in [1.54, 1.807) is 4.90 Å². The highest BCUT2D eigenvalue weighted by molar-refractivity contribution is 6.74. The summed E-state index contributed by atoms with van der Waals surface area (Å²) >= 11 is 0. The van der Waals surface area contributed by atoms with E-state index in [2.05, 4.69) is 33.9 Å². The van der Waals surface area contributed by atoms with Crippen LogP contribution in [-0.4, -0.2) is 55.3 Å². The molecule has 0 bridgehead atoms. The van der Waals surface area contributed by atoms with Gasteiger partial charge in [0.15, 0.2) is 8.32 Å². The second-order valence-corrected chi connectivity index (χ2v) is 13.5. The van der Waals surface area contributed by atoms with E-state index in [4.69, 9.17) is 9.16 Å². The Kier molecular flexibility index (Phi) is 5.74. The highest BCUT2D eigenvalue weighted by atomic mass is 28.4. The second-order valence-electron chi connectivity index (χ2n) is 8.70. The Balaban J connectivity index is 2.75. The van der Waals surface area contributed by atoms with Crippen molar-refractivity contribution >= 4 is 14.4 Å². The number of nitrogens with zero attached hydrogens (tertiary/aromatic N) is 1. The van der Waals surface area contributed by atoms with Gasteiger partial charge in [-0.15, -0.1) is 0 Å². The second kappa shape index (κ2) is 6.49. The first-order valence-electron chi connectivity index (χ1n) is 8.05. The summed E-state index contributed by atoms with van der Waals surface area (Å²) in [5, 5.41) is 9.69. The minimum absolute atomic E-state index is 0.0226. The topological polar surface area (TPSA) is 59.0 Å². The van der Waals surface area contributed by atoms with Crippen molar-refractivity contribution in [3.63, 3.8) is 0 Å². The van der Waals surface area contributed by atoms with Crippen molar-refractivity contribution in [3.8, 4) is 0 Å². The minimum atomic E-state index is -1.88. The van der Waals surface area contributed by atoms with E-state index < -0.39 is 13.9 Å². The van der Waals surface area contributed by atoms with Crippen LogP contribution in [0.15, 0.2) is 0 Å². The Morgan fingerprint density at radius 1 is 1.23 bits per heavy atom. The number of carbonyl (C=O) groups is 1. The van der Waals surface area contributed by atoms with Crippen LogP contribution in [-0.2, 0) is 9.16 Å². The Morgan fingerprint density at radius 3 is 2.18 bits per heavy atom. The molecule has 1 amide bonds. The molecule has 0 spiro atoms. The van der Waals surface area contributed by atoms with Crippen molar-refractivity contribution in [2.75, 3.05) is 13.2 Å². The molecule has 130 valence electrons. The highest BCUT2D eigenvalue weighted by Gasteiger charge is 2.44. The minimum Gasteiger partial charge on any atom is -0.444 e. The molecule has 0 radical (unpaired) electrons. The zero-order chi connectivity index (χ0) is 17.3. The Morgan fingerprint density at radius 2 is 1.77 bits per heavy atom. The Bertz CT molecular complexity index is 398. The van der Waals surface area contributed by atoms with Gasteiger partial charge in [-0.1, -0.05) is 20.8 Å². The highest BCUT2D eigenvalue weighted by Crippen LogP contribution is 2.39. The number of amides is 1. The largest absolute Gasteiger partial charge is 0.444 e. The molecular formula is C16H33NO4Si.